The number of nitro groups is 2. The van der Waals surface area contributed by atoms with Gasteiger partial charge >= 0.3 is 16.9 Å². The fourth-order valence-electron chi connectivity index (χ4n) is 0.925. The number of rotatable bonds is 2. The molecule has 0 saturated heterocycles. The summed E-state index contributed by atoms with van der Waals surface area (Å²) >= 11 is 0. The van der Waals surface area contributed by atoms with E-state index < -0.39 is 26.8 Å². The first-order chi connectivity index (χ1) is 6.45. The minimum Gasteiger partial charge on any atom is -0.312 e. The highest BCUT2D eigenvalue weighted by Crippen LogP contribution is 2.20. The van der Waals surface area contributed by atoms with E-state index in [1.165, 1.54) is 7.05 Å². The third-order valence-corrected chi connectivity index (χ3v) is 1.60. The van der Waals surface area contributed by atoms with Crippen LogP contribution in [-0.2, 0) is 7.05 Å². The Morgan fingerprint density at radius 1 is 1.29 bits per heavy atom. The lowest BCUT2D eigenvalue weighted by Gasteiger charge is -1.96. The van der Waals surface area contributed by atoms with Crippen molar-refractivity contribution in [2.75, 3.05) is 0 Å². The zero-order chi connectivity index (χ0) is 10.9. The third-order valence-electron chi connectivity index (χ3n) is 1.60. The first-order valence-electron chi connectivity index (χ1n) is 3.43. The van der Waals surface area contributed by atoms with Gasteiger partial charge in [0, 0.05) is 19.3 Å². The van der Waals surface area contributed by atoms with Gasteiger partial charge in [-0.1, -0.05) is 0 Å². The van der Waals surface area contributed by atoms with Gasteiger partial charge in [-0.3, -0.25) is 25.0 Å². The van der Waals surface area contributed by atoms with Crippen molar-refractivity contribution in [2.45, 2.75) is 0 Å². The highest BCUT2D eigenvalue weighted by molar-refractivity contribution is 5.49. The van der Waals surface area contributed by atoms with Gasteiger partial charge in [0.05, 0.1) is 9.85 Å². The normalized spacial score (nSPS) is 9.79. The number of aromatic nitrogens is 1. The van der Waals surface area contributed by atoms with Gasteiger partial charge in [-0.25, -0.2) is 0 Å². The van der Waals surface area contributed by atoms with E-state index in [0.717, 1.165) is 16.8 Å². The molecule has 1 aromatic rings. The van der Waals surface area contributed by atoms with E-state index in [9.17, 15) is 25.0 Å². The molecule has 0 atom stereocenters. The third kappa shape index (κ3) is 1.44. The van der Waals surface area contributed by atoms with Crippen LogP contribution in [0.2, 0.25) is 0 Å². The monoisotopic (exact) mass is 199 g/mol. The molecule has 8 heteroatoms. The average Bonchev–Trinajstić information content (AvgIpc) is 2.08. The SMILES string of the molecule is Cn1ccc([N+](=O)[O-])c([N+](=O)[O-])c1=O. The highest BCUT2D eigenvalue weighted by atomic mass is 16.6. The Morgan fingerprint density at radius 3 is 2.29 bits per heavy atom. The average molecular weight is 199 g/mol. The van der Waals surface area contributed by atoms with E-state index in [2.05, 4.69) is 0 Å². The lowest BCUT2D eigenvalue weighted by molar-refractivity contribution is -0.423. The topological polar surface area (TPSA) is 108 Å². The molecule has 0 aliphatic carbocycles. The molecule has 8 nitrogen and oxygen atoms in total. The largest absolute Gasteiger partial charge is 0.410 e. The van der Waals surface area contributed by atoms with Crippen LogP contribution in [0.4, 0.5) is 11.4 Å². The highest BCUT2D eigenvalue weighted by Gasteiger charge is 2.28. The molecular formula is C6H5N3O5. The van der Waals surface area contributed by atoms with Crippen LogP contribution in [0.15, 0.2) is 17.1 Å². The number of aryl methyl sites for hydroxylation is 1. The van der Waals surface area contributed by atoms with Crippen molar-refractivity contribution in [3.05, 3.63) is 42.8 Å². The Balaban J connectivity index is 3.62. The zero-order valence-corrected chi connectivity index (χ0v) is 7.04. The molecule has 0 aromatic carbocycles. The summed E-state index contributed by atoms with van der Waals surface area (Å²) in [7, 11) is 1.28. The molecule has 0 radical (unpaired) electrons. The summed E-state index contributed by atoms with van der Waals surface area (Å²) < 4.78 is 0.908. The van der Waals surface area contributed by atoms with Crippen LogP contribution in [0.3, 0.4) is 0 Å². The van der Waals surface area contributed by atoms with Crippen LogP contribution in [0.1, 0.15) is 0 Å². The summed E-state index contributed by atoms with van der Waals surface area (Å²) in [5.41, 5.74) is -2.80. The second kappa shape index (κ2) is 3.24. The first kappa shape index (κ1) is 9.84. The maximum atomic E-state index is 11.2. The van der Waals surface area contributed by atoms with Crippen LogP contribution in [0.25, 0.3) is 0 Å². The van der Waals surface area contributed by atoms with Crippen molar-refractivity contribution in [3.8, 4) is 0 Å². The molecule has 1 aromatic heterocycles. The van der Waals surface area contributed by atoms with Crippen LogP contribution >= 0.6 is 0 Å². The zero-order valence-electron chi connectivity index (χ0n) is 7.04. The number of pyridine rings is 1. The van der Waals surface area contributed by atoms with E-state index in [-0.39, 0.29) is 0 Å². The van der Waals surface area contributed by atoms with Gasteiger partial charge in [-0.15, -0.1) is 0 Å². The van der Waals surface area contributed by atoms with Gasteiger partial charge in [0.1, 0.15) is 0 Å². The molecule has 0 fully saturated rings. The quantitative estimate of drug-likeness (QED) is 0.499. The predicted octanol–water partition coefficient (Wildman–Crippen LogP) is 0.202. The Kier molecular flexibility index (Phi) is 2.28. The van der Waals surface area contributed by atoms with Crippen LogP contribution in [0.5, 0.6) is 0 Å². The Hall–Kier alpha value is -2.25. The summed E-state index contributed by atoms with van der Waals surface area (Å²) in [6, 6.07) is 0.916. The fourth-order valence-corrected chi connectivity index (χ4v) is 0.925. The standard InChI is InChI=1S/C6H5N3O5/c1-7-3-2-4(8(11)12)5(6(7)10)9(13)14/h2-3H,1H3. The van der Waals surface area contributed by atoms with Gasteiger partial charge in [0.25, 0.3) is 0 Å². The van der Waals surface area contributed by atoms with E-state index in [1.807, 2.05) is 0 Å². The van der Waals surface area contributed by atoms with Crippen molar-refractivity contribution < 1.29 is 9.85 Å². The lowest BCUT2D eigenvalue weighted by Crippen LogP contribution is -2.20. The Bertz CT molecular complexity index is 463. The van der Waals surface area contributed by atoms with Gasteiger partial charge in [0.2, 0.25) is 0 Å². The maximum Gasteiger partial charge on any atom is 0.410 e. The molecular weight excluding hydrogens is 194 g/mol. The lowest BCUT2D eigenvalue weighted by atomic mass is 10.3. The van der Waals surface area contributed by atoms with E-state index in [4.69, 9.17) is 0 Å². The molecule has 0 spiro atoms. The molecule has 0 amide bonds. The molecule has 0 saturated carbocycles. The predicted molar refractivity (Wildman–Crippen MR) is 45.0 cm³/mol. The van der Waals surface area contributed by atoms with Crippen molar-refractivity contribution in [1.29, 1.82) is 0 Å². The summed E-state index contributed by atoms with van der Waals surface area (Å²) in [6.45, 7) is 0. The Morgan fingerprint density at radius 2 is 1.86 bits per heavy atom. The second-order valence-electron chi connectivity index (χ2n) is 2.48. The van der Waals surface area contributed by atoms with Crippen LogP contribution in [0, 0.1) is 20.2 Å². The number of hydrogen-bond donors (Lipinski definition) is 0. The summed E-state index contributed by atoms with van der Waals surface area (Å²) in [4.78, 5) is 29.9. The van der Waals surface area contributed by atoms with Gasteiger partial charge in [-0.05, 0) is 0 Å². The second-order valence-corrected chi connectivity index (χ2v) is 2.48. The van der Waals surface area contributed by atoms with Crippen molar-refractivity contribution in [3.63, 3.8) is 0 Å². The molecule has 0 aliphatic heterocycles. The maximum absolute atomic E-state index is 11.2. The van der Waals surface area contributed by atoms with Crippen LogP contribution in [-0.4, -0.2) is 14.4 Å². The molecule has 74 valence electrons. The summed E-state index contributed by atoms with van der Waals surface area (Å²) in [6.07, 6.45) is 1.10. The van der Waals surface area contributed by atoms with E-state index in [0.29, 0.717) is 0 Å². The smallest absolute Gasteiger partial charge is 0.312 e. The number of hydrogen-bond acceptors (Lipinski definition) is 5. The fraction of sp³-hybridized carbons (Fsp3) is 0.167. The van der Waals surface area contributed by atoms with Gasteiger partial charge in [0.15, 0.2) is 0 Å². The Labute approximate surface area is 76.7 Å². The molecule has 0 unspecified atom stereocenters. The van der Waals surface area contributed by atoms with E-state index >= 15 is 0 Å². The van der Waals surface area contributed by atoms with Crippen molar-refractivity contribution in [2.24, 2.45) is 7.05 Å². The molecule has 1 heterocycles. The molecule has 14 heavy (non-hydrogen) atoms. The van der Waals surface area contributed by atoms with Gasteiger partial charge in [-0.2, -0.15) is 0 Å². The number of nitrogens with zero attached hydrogens (tertiary/aromatic N) is 3. The molecule has 0 N–H and O–H groups in total. The van der Waals surface area contributed by atoms with Crippen LogP contribution < -0.4 is 5.56 Å². The van der Waals surface area contributed by atoms with Crippen molar-refractivity contribution >= 4 is 11.4 Å². The molecule has 0 aliphatic rings. The van der Waals surface area contributed by atoms with E-state index in [1.54, 1.807) is 0 Å². The summed E-state index contributed by atoms with van der Waals surface area (Å²) in [5.74, 6) is 0. The molecule has 0 bridgehead atoms. The minimum absolute atomic E-state index is 0.793. The summed E-state index contributed by atoms with van der Waals surface area (Å²) in [5, 5.41) is 20.7. The first-order valence-corrected chi connectivity index (χ1v) is 3.43. The molecule has 1 rings (SSSR count). The van der Waals surface area contributed by atoms with Crippen molar-refractivity contribution in [1.82, 2.24) is 4.57 Å². The van der Waals surface area contributed by atoms with Gasteiger partial charge < -0.3 is 4.57 Å². The minimum atomic E-state index is -1.06.